The largest absolute Gasteiger partial charge is 0.345 e. The lowest BCUT2D eigenvalue weighted by molar-refractivity contribution is -0.225. The summed E-state index contributed by atoms with van der Waals surface area (Å²) in [5.41, 5.74) is -0.447. The third kappa shape index (κ3) is 1.51. The van der Waals surface area contributed by atoms with E-state index in [0.29, 0.717) is 19.6 Å². The molecule has 5 heteroatoms. The summed E-state index contributed by atoms with van der Waals surface area (Å²) in [5.74, 6) is -2.16. The van der Waals surface area contributed by atoms with E-state index in [1.54, 1.807) is 0 Å². The third-order valence-corrected chi connectivity index (χ3v) is 3.96. The first-order valence-corrected chi connectivity index (χ1v) is 5.83. The van der Waals surface area contributed by atoms with Crippen LogP contribution in [0.2, 0.25) is 0 Å². The predicted octanol–water partition coefficient (Wildman–Crippen LogP) is 1.30. The monoisotopic (exact) mass is 246 g/mol. The number of carbonyl (C=O) groups excluding carboxylic acids is 2. The SMILES string of the molecule is CC1(C)CCC(=O)C(=O)C(Cl)C12OCCO2. The Morgan fingerprint density at radius 3 is 2.38 bits per heavy atom. The maximum Gasteiger partial charge on any atom is 0.221 e. The minimum absolute atomic E-state index is 0.212. The molecule has 4 nitrogen and oxygen atoms in total. The molecule has 1 atom stereocenters. The van der Waals surface area contributed by atoms with Gasteiger partial charge in [-0.25, -0.2) is 0 Å². The molecule has 0 amide bonds. The van der Waals surface area contributed by atoms with Crippen LogP contribution < -0.4 is 0 Å². The van der Waals surface area contributed by atoms with Crippen LogP contribution in [0.25, 0.3) is 0 Å². The van der Waals surface area contributed by atoms with E-state index in [2.05, 4.69) is 0 Å². The number of ether oxygens (including phenoxy) is 2. The van der Waals surface area contributed by atoms with Gasteiger partial charge in [0.05, 0.1) is 13.2 Å². The van der Waals surface area contributed by atoms with Gasteiger partial charge in [-0.3, -0.25) is 9.59 Å². The number of rotatable bonds is 0. The van der Waals surface area contributed by atoms with Crippen LogP contribution in [-0.2, 0) is 19.1 Å². The molecule has 2 fully saturated rings. The molecule has 1 saturated carbocycles. The first kappa shape index (κ1) is 12.0. The molecule has 90 valence electrons. The molecule has 1 saturated heterocycles. The van der Waals surface area contributed by atoms with Gasteiger partial charge in [0.15, 0.2) is 16.9 Å². The summed E-state index contributed by atoms with van der Waals surface area (Å²) in [6, 6.07) is 0. The van der Waals surface area contributed by atoms with Crippen molar-refractivity contribution in [3.05, 3.63) is 0 Å². The second-order valence-electron chi connectivity index (χ2n) is 4.90. The topological polar surface area (TPSA) is 52.6 Å². The number of Topliss-reactive ketones (excluding diaryl/α,β-unsaturated/α-hetero) is 2. The number of ketones is 2. The van der Waals surface area contributed by atoms with Gasteiger partial charge in [0.1, 0.15) is 0 Å². The van der Waals surface area contributed by atoms with Crippen molar-refractivity contribution in [1.29, 1.82) is 0 Å². The third-order valence-electron chi connectivity index (χ3n) is 3.48. The van der Waals surface area contributed by atoms with Crippen LogP contribution in [0, 0.1) is 5.41 Å². The first-order chi connectivity index (χ1) is 7.41. The molecule has 1 unspecified atom stereocenters. The molecule has 0 bridgehead atoms. The van der Waals surface area contributed by atoms with Crippen molar-refractivity contribution in [2.24, 2.45) is 5.41 Å². The van der Waals surface area contributed by atoms with Crippen molar-refractivity contribution >= 4 is 23.2 Å². The van der Waals surface area contributed by atoms with Gasteiger partial charge in [-0.05, 0) is 6.42 Å². The molecule has 0 aromatic carbocycles. The van der Waals surface area contributed by atoms with Crippen LogP contribution in [0.15, 0.2) is 0 Å². The van der Waals surface area contributed by atoms with Crippen LogP contribution in [0.4, 0.5) is 0 Å². The Balaban J connectivity index is 2.44. The molecule has 0 aromatic rings. The summed E-state index contributed by atoms with van der Waals surface area (Å²) in [6.45, 7) is 4.65. The molecule has 0 radical (unpaired) electrons. The van der Waals surface area contributed by atoms with Crippen LogP contribution in [-0.4, -0.2) is 35.9 Å². The predicted molar refractivity (Wildman–Crippen MR) is 57.3 cm³/mol. The van der Waals surface area contributed by atoms with Gasteiger partial charge in [0.25, 0.3) is 0 Å². The number of halogens is 1. The Hall–Kier alpha value is -0.450. The highest BCUT2D eigenvalue weighted by molar-refractivity contribution is 6.50. The summed E-state index contributed by atoms with van der Waals surface area (Å²) in [6.07, 6.45) is 0.754. The zero-order valence-corrected chi connectivity index (χ0v) is 10.2. The van der Waals surface area contributed by atoms with Gasteiger partial charge >= 0.3 is 0 Å². The molecule has 2 rings (SSSR count). The number of alkyl halides is 1. The minimum atomic E-state index is -1.14. The summed E-state index contributed by atoms with van der Waals surface area (Å²) < 4.78 is 11.2. The van der Waals surface area contributed by atoms with Gasteiger partial charge in [-0.1, -0.05) is 13.8 Å². The Kier molecular flexibility index (Phi) is 2.85. The van der Waals surface area contributed by atoms with Crippen molar-refractivity contribution in [2.45, 2.75) is 37.9 Å². The Bertz CT molecular complexity index is 331. The zero-order valence-electron chi connectivity index (χ0n) is 9.42. The fraction of sp³-hybridized carbons (Fsp3) is 0.818. The first-order valence-electron chi connectivity index (χ1n) is 5.40. The maximum absolute atomic E-state index is 11.8. The quantitative estimate of drug-likeness (QED) is 0.478. The van der Waals surface area contributed by atoms with E-state index >= 15 is 0 Å². The van der Waals surface area contributed by atoms with Crippen LogP contribution >= 0.6 is 11.6 Å². The molecule has 2 aliphatic rings. The van der Waals surface area contributed by atoms with Crippen molar-refractivity contribution < 1.29 is 19.1 Å². The van der Waals surface area contributed by atoms with Gasteiger partial charge in [-0.15, -0.1) is 11.6 Å². The Labute approximate surface area is 99.2 Å². The van der Waals surface area contributed by atoms with E-state index < -0.39 is 28.1 Å². The highest BCUT2D eigenvalue weighted by Gasteiger charge is 2.59. The fourth-order valence-corrected chi connectivity index (χ4v) is 2.89. The number of carbonyl (C=O) groups is 2. The molecular weight excluding hydrogens is 232 g/mol. The highest BCUT2D eigenvalue weighted by atomic mass is 35.5. The highest BCUT2D eigenvalue weighted by Crippen LogP contribution is 2.48. The summed E-state index contributed by atoms with van der Waals surface area (Å²) in [4.78, 5) is 23.3. The molecule has 1 spiro atoms. The second-order valence-corrected chi connectivity index (χ2v) is 5.33. The molecule has 0 aromatic heterocycles. The van der Waals surface area contributed by atoms with Gasteiger partial charge in [0.2, 0.25) is 5.78 Å². The summed E-state index contributed by atoms with van der Waals surface area (Å²) >= 11 is 6.09. The van der Waals surface area contributed by atoms with Gasteiger partial charge < -0.3 is 9.47 Å². The van der Waals surface area contributed by atoms with Crippen molar-refractivity contribution in [3.63, 3.8) is 0 Å². The van der Waals surface area contributed by atoms with Crippen molar-refractivity contribution in [3.8, 4) is 0 Å². The molecular formula is C11H15ClO4. The fourth-order valence-electron chi connectivity index (χ4n) is 2.35. The number of hydrogen-bond acceptors (Lipinski definition) is 4. The average Bonchev–Trinajstić information content (AvgIpc) is 2.72. The van der Waals surface area contributed by atoms with Gasteiger partial charge in [0, 0.05) is 11.8 Å². The molecule has 16 heavy (non-hydrogen) atoms. The summed E-state index contributed by atoms with van der Waals surface area (Å²) in [7, 11) is 0. The van der Waals surface area contributed by atoms with Crippen LogP contribution in [0.3, 0.4) is 0 Å². The smallest absolute Gasteiger partial charge is 0.221 e. The van der Waals surface area contributed by atoms with Crippen LogP contribution in [0.5, 0.6) is 0 Å². The van der Waals surface area contributed by atoms with E-state index in [9.17, 15) is 9.59 Å². The van der Waals surface area contributed by atoms with E-state index in [1.165, 1.54) is 0 Å². The van der Waals surface area contributed by atoms with Gasteiger partial charge in [-0.2, -0.15) is 0 Å². The maximum atomic E-state index is 11.8. The van der Waals surface area contributed by atoms with Crippen molar-refractivity contribution in [2.75, 3.05) is 13.2 Å². The standard InChI is InChI=1S/C11H15ClO4/c1-10(2)4-3-7(13)8(14)9(12)11(10)15-5-6-16-11/h9H,3-6H2,1-2H3. The number of hydrogen-bond donors (Lipinski definition) is 0. The van der Waals surface area contributed by atoms with E-state index in [4.69, 9.17) is 21.1 Å². The normalized spacial score (nSPS) is 33.1. The van der Waals surface area contributed by atoms with E-state index in [1.807, 2.05) is 13.8 Å². The van der Waals surface area contributed by atoms with E-state index in [-0.39, 0.29) is 6.42 Å². The molecule has 0 N–H and O–H groups in total. The van der Waals surface area contributed by atoms with E-state index in [0.717, 1.165) is 0 Å². The Morgan fingerprint density at radius 2 is 1.81 bits per heavy atom. The second kappa shape index (κ2) is 3.79. The average molecular weight is 247 g/mol. The molecule has 1 aliphatic heterocycles. The molecule has 1 aliphatic carbocycles. The molecule has 1 heterocycles. The lowest BCUT2D eigenvalue weighted by atomic mass is 9.79. The minimum Gasteiger partial charge on any atom is -0.345 e. The lowest BCUT2D eigenvalue weighted by Crippen LogP contribution is -2.54. The lowest BCUT2D eigenvalue weighted by Gasteiger charge is -2.42. The zero-order chi connectivity index (χ0) is 12.0. The van der Waals surface area contributed by atoms with Crippen LogP contribution in [0.1, 0.15) is 26.7 Å². The Morgan fingerprint density at radius 1 is 1.25 bits per heavy atom. The summed E-state index contributed by atoms with van der Waals surface area (Å²) in [5, 5.41) is -1.04. The van der Waals surface area contributed by atoms with Crippen molar-refractivity contribution in [1.82, 2.24) is 0 Å².